The quantitative estimate of drug-likeness (QED) is 0.903. The molecule has 0 unspecified atom stereocenters. The minimum absolute atomic E-state index is 0.0158. The van der Waals surface area contributed by atoms with Gasteiger partial charge in [0.05, 0.1) is 13.1 Å². The van der Waals surface area contributed by atoms with Gasteiger partial charge in [0.2, 0.25) is 5.91 Å². The van der Waals surface area contributed by atoms with Crippen molar-refractivity contribution < 1.29 is 9.18 Å². The summed E-state index contributed by atoms with van der Waals surface area (Å²) < 4.78 is 14.9. The van der Waals surface area contributed by atoms with Crippen LogP contribution in [0.25, 0.3) is 0 Å². The molecule has 0 fully saturated rings. The van der Waals surface area contributed by atoms with Gasteiger partial charge in [-0.1, -0.05) is 12.1 Å². The number of imidazole rings is 1. The molecule has 0 aliphatic carbocycles. The van der Waals surface area contributed by atoms with Gasteiger partial charge in [-0.25, -0.2) is 9.37 Å². The van der Waals surface area contributed by atoms with E-state index in [1.54, 1.807) is 18.3 Å². The van der Waals surface area contributed by atoms with Gasteiger partial charge in [0.25, 0.3) is 0 Å². The molecule has 1 N–H and O–H groups in total. The first-order valence-corrected chi connectivity index (χ1v) is 7.44. The highest BCUT2D eigenvalue weighted by atomic mass is 19.1. The van der Waals surface area contributed by atoms with Crippen molar-refractivity contribution in [3.05, 3.63) is 53.9 Å². The van der Waals surface area contributed by atoms with E-state index in [9.17, 15) is 9.18 Å². The van der Waals surface area contributed by atoms with Crippen molar-refractivity contribution in [2.45, 2.75) is 19.5 Å². The van der Waals surface area contributed by atoms with E-state index in [1.165, 1.54) is 12.1 Å². The van der Waals surface area contributed by atoms with Crippen molar-refractivity contribution in [2.75, 3.05) is 19.6 Å². The molecule has 2 aromatic rings. The van der Waals surface area contributed by atoms with E-state index in [0.717, 1.165) is 24.5 Å². The molecule has 1 aromatic heterocycles. The summed E-state index contributed by atoms with van der Waals surface area (Å²) >= 11 is 0. The Morgan fingerprint density at radius 2 is 2.09 bits per heavy atom. The zero-order valence-corrected chi connectivity index (χ0v) is 12.3. The molecule has 0 bridgehead atoms. The molecule has 0 spiro atoms. The number of hydrogen-bond donors (Lipinski definition) is 1. The van der Waals surface area contributed by atoms with Gasteiger partial charge in [-0.2, -0.15) is 0 Å². The molecule has 0 atom stereocenters. The summed E-state index contributed by atoms with van der Waals surface area (Å²) in [7, 11) is 0. The SMILES string of the molecule is O=C(CN1CCn2ccnc2C1)NCCc1ccc(F)cc1. The molecule has 6 heteroatoms. The third-order valence-corrected chi connectivity index (χ3v) is 3.84. The van der Waals surface area contributed by atoms with Crippen LogP contribution in [-0.2, 0) is 24.3 Å². The third-order valence-electron chi connectivity index (χ3n) is 3.84. The number of nitrogens with one attached hydrogen (secondary N) is 1. The van der Waals surface area contributed by atoms with E-state index < -0.39 is 0 Å². The van der Waals surface area contributed by atoms with Crippen molar-refractivity contribution in [2.24, 2.45) is 0 Å². The van der Waals surface area contributed by atoms with Crippen LogP contribution in [0.3, 0.4) is 0 Å². The Hall–Kier alpha value is -2.21. The van der Waals surface area contributed by atoms with E-state index in [1.807, 2.05) is 6.20 Å². The number of nitrogens with zero attached hydrogens (tertiary/aromatic N) is 3. The highest BCUT2D eigenvalue weighted by molar-refractivity contribution is 5.78. The number of amides is 1. The van der Waals surface area contributed by atoms with E-state index in [2.05, 4.69) is 19.8 Å². The summed E-state index contributed by atoms with van der Waals surface area (Å²) in [5.74, 6) is 0.781. The lowest BCUT2D eigenvalue weighted by Crippen LogP contribution is -2.41. The predicted molar refractivity (Wildman–Crippen MR) is 80.6 cm³/mol. The summed E-state index contributed by atoms with van der Waals surface area (Å²) in [6.07, 6.45) is 4.47. The number of fused-ring (bicyclic) bond motifs is 1. The van der Waals surface area contributed by atoms with Crippen LogP contribution in [0.15, 0.2) is 36.7 Å². The fourth-order valence-electron chi connectivity index (χ4n) is 2.61. The molecular formula is C16H19FN4O. The lowest BCUT2D eigenvalue weighted by molar-refractivity contribution is -0.122. The van der Waals surface area contributed by atoms with Gasteiger partial charge < -0.3 is 9.88 Å². The molecule has 5 nitrogen and oxygen atoms in total. The van der Waals surface area contributed by atoms with Crippen molar-refractivity contribution in [3.8, 4) is 0 Å². The van der Waals surface area contributed by atoms with Crippen LogP contribution in [0.5, 0.6) is 0 Å². The van der Waals surface area contributed by atoms with E-state index in [4.69, 9.17) is 0 Å². The highest BCUT2D eigenvalue weighted by Gasteiger charge is 2.18. The fraction of sp³-hybridized carbons (Fsp3) is 0.375. The second-order valence-corrected chi connectivity index (χ2v) is 5.47. The molecule has 1 aliphatic heterocycles. The predicted octanol–water partition coefficient (Wildman–Crippen LogP) is 1.20. The highest BCUT2D eigenvalue weighted by Crippen LogP contribution is 2.09. The van der Waals surface area contributed by atoms with E-state index in [0.29, 0.717) is 26.1 Å². The number of aromatic nitrogens is 2. The maximum Gasteiger partial charge on any atom is 0.234 e. The molecule has 2 heterocycles. The summed E-state index contributed by atoms with van der Waals surface area (Å²) in [6.45, 7) is 3.38. The maximum atomic E-state index is 12.8. The maximum absolute atomic E-state index is 12.8. The smallest absolute Gasteiger partial charge is 0.234 e. The first-order valence-electron chi connectivity index (χ1n) is 7.44. The van der Waals surface area contributed by atoms with Crippen LogP contribution >= 0.6 is 0 Å². The standard InChI is InChI=1S/C16H19FN4O/c17-14-3-1-13(2-4-14)5-6-19-16(22)12-20-9-10-21-8-7-18-15(21)11-20/h1-4,7-8H,5-6,9-12H2,(H,19,22). The number of carbonyl (C=O) groups excluding carboxylic acids is 1. The Bertz CT molecular complexity index is 638. The molecule has 1 aromatic carbocycles. The molecule has 1 aliphatic rings. The van der Waals surface area contributed by atoms with Crippen LogP contribution in [0.2, 0.25) is 0 Å². The Kier molecular flexibility index (Phi) is 4.48. The first-order chi connectivity index (χ1) is 10.7. The average Bonchev–Trinajstić information content (AvgIpc) is 2.97. The average molecular weight is 302 g/mol. The van der Waals surface area contributed by atoms with Crippen LogP contribution in [0, 0.1) is 5.82 Å². The molecule has 0 radical (unpaired) electrons. The number of benzene rings is 1. The van der Waals surface area contributed by atoms with Crippen LogP contribution < -0.4 is 5.32 Å². The Morgan fingerprint density at radius 1 is 1.27 bits per heavy atom. The van der Waals surface area contributed by atoms with Crippen LogP contribution in [-0.4, -0.2) is 40.0 Å². The Balaban J connectivity index is 1.40. The Labute approximate surface area is 128 Å². The molecule has 22 heavy (non-hydrogen) atoms. The monoisotopic (exact) mass is 302 g/mol. The lowest BCUT2D eigenvalue weighted by atomic mass is 10.1. The normalized spacial score (nSPS) is 14.6. The number of hydrogen-bond acceptors (Lipinski definition) is 3. The largest absolute Gasteiger partial charge is 0.355 e. The van der Waals surface area contributed by atoms with Gasteiger partial charge in [0, 0.05) is 32.0 Å². The summed E-state index contributed by atoms with van der Waals surface area (Å²) in [5, 5.41) is 2.91. The van der Waals surface area contributed by atoms with Gasteiger partial charge in [0.15, 0.2) is 0 Å². The van der Waals surface area contributed by atoms with Crippen molar-refractivity contribution in [1.29, 1.82) is 0 Å². The van der Waals surface area contributed by atoms with Gasteiger partial charge in [-0.05, 0) is 24.1 Å². The van der Waals surface area contributed by atoms with Crippen molar-refractivity contribution in [3.63, 3.8) is 0 Å². The van der Waals surface area contributed by atoms with E-state index in [-0.39, 0.29) is 11.7 Å². The van der Waals surface area contributed by atoms with Gasteiger partial charge in [0.1, 0.15) is 11.6 Å². The van der Waals surface area contributed by atoms with Crippen LogP contribution in [0.1, 0.15) is 11.4 Å². The number of carbonyl (C=O) groups is 1. The van der Waals surface area contributed by atoms with Gasteiger partial charge >= 0.3 is 0 Å². The molecule has 116 valence electrons. The molecule has 0 saturated carbocycles. The van der Waals surface area contributed by atoms with Crippen molar-refractivity contribution >= 4 is 5.91 Å². The Morgan fingerprint density at radius 3 is 2.91 bits per heavy atom. The molecule has 0 saturated heterocycles. The van der Waals surface area contributed by atoms with Gasteiger partial charge in [-0.3, -0.25) is 9.69 Å². The molecule has 1 amide bonds. The minimum Gasteiger partial charge on any atom is -0.355 e. The second kappa shape index (κ2) is 6.70. The third kappa shape index (κ3) is 3.71. The van der Waals surface area contributed by atoms with Gasteiger partial charge in [-0.15, -0.1) is 0 Å². The summed E-state index contributed by atoms with van der Waals surface area (Å²) in [4.78, 5) is 18.3. The summed E-state index contributed by atoms with van der Waals surface area (Å²) in [5.41, 5.74) is 1.02. The number of halogens is 1. The molecule has 3 rings (SSSR count). The summed E-state index contributed by atoms with van der Waals surface area (Å²) in [6, 6.07) is 6.36. The van der Waals surface area contributed by atoms with Crippen molar-refractivity contribution in [1.82, 2.24) is 19.8 Å². The molecular weight excluding hydrogens is 283 g/mol. The first kappa shape index (κ1) is 14.7. The number of rotatable bonds is 5. The van der Waals surface area contributed by atoms with E-state index >= 15 is 0 Å². The fourth-order valence-corrected chi connectivity index (χ4v) is 2.61. The second-order valence-electron chi connectivity index (χ2n) is 5.47. The van der Waals surface area contributed by atoms with Crippen LogP contribution in [0.4, 0.5) is 4.39 Å². The zero-order chi connectivity index (χ0) is 15.4. The minimum atomic E-state index is -0.240. The zero-order valence-electron chi connectivity index (χ0n) is 12.3. The lowest BCUT2D eigenvalue weighted by Gasteiger charge is -2.26. The topological polar surface area (TPSA) is 50.2 Å².